The van der Waals surface area contributed by atoms with Crippen molar-refractivity contribution in [3.63, 3.8) is 0 Å². The van der Waals surface area contributed by atoms with Gasteiger partial charge in [-0.15, -0.1) is 0 Å². The topological polar surface area (TPSA) is 76.1 Å². The number of nitrogens with zero attached hydrogens (tertiary/aromatic N) is 1. The number of anilines is 1. The number of hydrogen-bond acceptors (Lipinski definition) is 5. The zero-order valence-corrected chi connectivity index (χ0v) is 17.4. The van der Waals surface area contributed by atoms with E-state index in [0.29, 0.717) is 5.13 Å². The Morgan fingerprint density at radius 2 is 1.74 bits per heavy atom. The van der Waals surface area contributed by atoms with Crippen molar-refractivity contribution in [2.24, 2.45) is 0 Å². The number of aryl methyl sites for hydroxylation is 2. The van der Waals surface area contributed by atoms with Crippen molar-refractivity contribution in [3.05, 3.63) is 53.1 Å². The minimum atomic E-state index is -3.30. The molecular formula is C20H22N2O3S2. The van der Waals surface area contributed by atoms with Crippen LogP contribution in [0.1, 0.15) is 30.5 Å². The Bertz CT molecular complexity index is 1060. The zero-order valence-electron chi connectivity index (χ0n) is 15.7. The summed E-state index contributed by atoms with van der Waals surface area (Å²) in [6, 6.07) is 10.6. The van der Waals surface area contributed by atoms with Crippen LogP contribution in [0.5, 0.6) is 0 Å². The van der Waals surface area contributed by atoms with Gasteiger partial charge in [0, 0.05) is 0 Å². The molecule has 0 radical (unpaired) electrons. The molecule has 0 saturated heterocycles. The van der Waals surface area contributed by atoms with Crippen LogP contribution in [-0.4, -0.2) is 24.6 Å². The van der Waals surface area contributed by atoms with Gasteiger partial charge in [0.25, 0.3) is 0 Å². The van der Waals surface area contributed by atoms with Gasteiger partial charge in [0.2, 0.25) is 5.91 Å². The van der Waals surface area contributed by atoms with Gasteiger partial charge in [-0.05, 0) is 68.7 Å². The number of sulfone groups is 1. The Morgan fingerprint density at radius 1 is 1.11 bits per heavy atom. The number of fused-ring (bicyclic) bond motifs is 1. The largest absolute Gasteiger partial charge is 0.302 e. The van der Waals surface area contributed by atoms with E-state index in [9.17, 15) is 13.2 Å². The highest BCUT2D eigenvalue weighted by molar-refractivity contribution is 7.92. The summed E-state index contributed by atoms with van der Waals surface area (Å²) in [5.41, 5.74) is 3.99. The second-order valence-corrected chi connectivity index (χ2v) is 10.4. The van der Waals surface area contributed by atoms with Crippen LogP contribution in [0.4, 0.5) is 5.13 Å². The maximum atomic E-state index is 12.3. The smallest absolute Gasteiger partial charge is 0.230 e. The number of carbonyl (C=O) groups is 1. The minimum Gasteiger partial charge on any atom is -0.302 e. The molecule has 0 aliphatic rings. The van der Waals surface area contributed by atoms with Crippen LogP contribution in [-0.2, 0) is 21.1 Å². The molecule has 0 aliphatic heterocycles. The van der Waals surface area contributed by atoms with Crippen molar-refractivity contribution < 1.29 is 13.2 Å². The van der Waals surface area contributed by atoms with Crippen LogP contribution in [0, 0.1) is 13.8 Å². The highest BCUT2D eigenvalue weighted by Crippen LogP contribution is 2.28. The SMILES string of the molecule is Cc1cc2nc(NC(=O)Cc3ccc(S(=O)(=O)C(C)C)cc3)sc2cc1C. The lowest BCUT2D eigenvalue weighted by Gasteiger charge is -2.08. The number of nitrogens with one attached hydrogen (secondary N) is 1. The Morgan fingerprint density at radius 3 is 2.37 bits per heavy atom. The van der Waals surface area contributed by atoms with Gasteiger partial charge >= 0.3 is 0 Å². The first-order valence-electron chi connectivity index (χ1n) is 8.67. The van der Waals surface area contributed by atoms with E-state index in [-0.39, 0.29) is 17.2 Å². The van der Waals surface area contributed by atoms with Crippen molar-refractivity contribution in [2.45, 2.75) is 44.3 Å². The zero-order chi connectivity index (χ0) is 19.8. The number of amides is 1. The highest BCUT2D eigenvalue weighted by Gasteiger charge is 2.19. The fourth-order valence-electron chi connectivity index (χ4n) is 2.65. The lowest BCUT2D eigenvalue weighted by atomic mass is 10.1. The number of thiazole rings is 1. The normalized spacial score (nSPS) is 11.9. The molecule has 27 heavy (non-hydrogen) atoms. The maximum absolute atomic E-state index is 12.3. The first kappa shape index (κ1) is 19.5. The van der Waals surface area contributed by atoms with Crippen LogP contribution in [0.15, 0.2) is 41.3 Å². The molecule has 2 aromatic carbocycles. The van der Waals surface area contributed by atoms with E-state index in [2.05, 4.69) is 23.3 Å². The molecule has 0 fully saturated rings. The quantitative estimate of drug-likeness (QED) is 0.691. The summed E-state index contributed by atoms with van der Waals surface area (Å²) >= 11 is 1.45. The average Bonchev–Trinajstić information content (AvgIpc) is 2.96. The van der Waals surface area contributed by atoms with Gasteiger partial charge in [0.1, 0.15) is 0 Å². The van der Waals surface area contributed by atoms with Gasteiger partial charge in [-0.2, -0.15) is 0 Å². The molecule has 1 aromatic heterocycles. The van der Waals surface area contributed by atoms with E-state index in [0.717, 1.165) is 15.8 Å². The standard InChI is InChI=1S/C20H22N2O3S2/c1-12(2)27(24,25)16-7-5-15(6-8-16)11-19(23)22-20-21-17-9-13(3)14(4)10-18(17)26-20/h5-10,12H,11H2,1-4H3,(H,21,22,23). The van der Waals surface area contributed by atoms with E-state index in [1.165, 1.54) is 22.5 Å². The third kappa shape index (κ3) is 4.20. The van der Waals surface area contributed by atoms with Gasteiger partial charge in [-0.3, -0.25) is 4.79 Å². The van der Waals surface area contributed by atoms with Crippen LogP contribution in [0.2, 0.25) is 0 Å². The number of rotatable bonds is 5. The van der Waals surface area contributed by atoms with E-state index >= 15 is 0 Å². The third-order valence-corrected chi connectivity index (χ3v) is 7.59. The molecule has 1 heterocycles. The number of benzene rings is 2. The third-order valence-electron chi connectivity index (χ3n) is 4.49. The van der Waals surface area contributed by atoms with Gasteiger partial charge in [-0.25, -0.2) is 13.4 Å². The monoisotopic (exact) mass is 402 g/mol. The Kier molecular flexibility index (Phi) is 5.35. The molecule has 5 nitrogen and oxygen atoms in total. The summed E-state index contributed by atoms with van der Waals surface area (Å²) in [7, 11) is -3.30. The van der Waals surface area contributed by atoms with Crippen molar-refractivity contribution in [1.82, 2.24) is 4.98 Å². The molecule has 0 spiro atoms. The summed E-state index contributed by atoms with van der Waals surface area (Å²) in [6.45, 7) is 7.39. The summed E-state index contributed by atoms with van der Waals surface area (Å²) in [5, 5.41) is 2.93. The maximum Gasteiger partial charge on any atom is 0.230 e. The molecule has 0 bridgehead atoms. The van der Waals surface area contributed by atoms with Gasteiger partial charge in [0.05, 0.1) is 26.8 Å². The molecule has 3 aromatic rings. The van der Waals surface area contributed by atoms with Crippen molar-refractivity contribution >= 4 is 42.4 Å². The minimum absolute atomic E-state index is 0.163. The second kappa shape index (κ2) is 7.40. The molecule has 3 rings (SSSR count). The first-order valence-corrected chi connectivity index (χ1v) is 11.0. The number of aromatic nitrogens is 1. The van der Waals surface area contributed by atoms with Crippen LogP contribution in [0.3, 0.4) is 0 Å². The number of hydrogen-bond donors (Lipinski definition) is 1. The summed E-state index contributed by atoms with van der Waals surface area (Å²) < 4.78 is 25.3. The van der Waals surface area contributed by atoms with Crippen LogP contribution < -0.4 is 5.32 Å². The van der Waals surface area contributed by atoms with Gasteiger partial charge in [-0.1, -0.05) is 23.5 Å². The predicted octanol–water partition coefficient (Wildman–Crippen LogP) is 4.28. The number of carbonyl (C=O) groups excluding carboxylic acids is 1. The van der Waals surface area contributed by atoms with Crippen molar-refractivity contribution in [2.75, 3.05) is 5.32 Å². The predicted molar refractivity (Wildman–Crippen MR) is 110 cm³/mol. The molecule has 0 saturated carbocycles. The van der Waals surface area contributed by atoms with E-state index in [4.69, 9.17) is 0 Å². The Balaban J connectivity index is 1.71. The molecule has 0 atom stereocenters. The van der Waals surface area contributed by atoms with Crippen molar-refractivity contribution in [1.29, 1.82) is 0 Å². The van der Waals surface area contributed by atoms with Crippen molar-refractivity contribution in [3.8, 4) is 0 Å². The summed E-state index contributed by atoms with van der Waals surface area (Å²) in [6.07, 6.45) is 0.163. The highest BCUT2D eigenvalue weighted by atomic mass is 32.2. The fraction of sp³-hybridized carbons (Fsp3) is 0.300. The molecule has 1 N–H and O–H groups in total. The van der Waals surface area contributed by atoms with Gasteiger partial charge in [0.15, 0.2) is 15.0 Å². The fourth-order valence-corrected chi connectivity index (χ4v) is 4.67. The summed E-state index contributed by atoms with van der Waals surface area (Å²) in [4.78, 5) is 17.1. The van der Waals surface area contributed by atoms with E-state index in [1.807, 2.05) is 13.0 Å². The van der Waals surface area contributed by atoms with Crippen LogP contribution in [0.25, 0.3) is 10.2 Å². The van der Waals surface area contributed by atoms with Crippen LogP contribution >= 0.6 is 11.3 Å². The van der Waals surface area contributed by atoms with E-state index in [1.54, 1.807) is 38.1 Å². The average molecular weight is 403 g/mol. The Hall–Kier alpha value is -2.25. The summed E-state index contributed by atoms with van der Waals surface area (Å²) in [5.74, 6) is -0.179. The second-order valence-electron chi connectivity index (χ2n) is 6.89. The lowest BCUT2D eigenvalue weighted by molar-refractivity contribution is -0.115. The molecule has 1 amide bonds. The van der Waals surface area contributed by atoms with Gasteiger partial charge < -0.3 is 5.32 Å². The molecular weight excluding hydrogens is 380 g/mol. The molecule has 0 unspecified atom stereocenters. The molecule has 142 valence electrons. The first-order chi connectivity index (χ1) is 12.7. The molecule has 0 aliphatic carbocycles. The Labute approximate surface area is 163 Å². The lowest BCUT2D eigenvalue weighted by Crippen LogP contribution is -2.15. The molecule has 7 heteroatoms. The van der Waals surface area contributed by atoms with E-state index < -0.39 is 15.1 Å².